The van der Waals surface area contributed by atoms with Gasteiger partial charge in [-0.2, -0.15) is 13.2 Å². The maximum absolute atomic E-state index is 13.4. The first kappa shape index (κ1) is 19.3. The molecule has 2 aliphatic heterocycles. The van der Waals surface area contributed by atoms with Gasteiger partial charge in [-0.25, -0.2) is 8.42 Å². The quantitative estimate of drug-likeness (QED) is 0.751. The number of rotatable bonds is 2. The number of fused-ring (bicyclic) bond motifs is 3. The third-order valence-electron chi connectivity index (χ3n) is 5.62. The van der Waals surface area contributed by atoms with Crippen molar-refractivity contribution in [1.82, 2.24) is 4.90 Å². The number of benzene rings is 2. The average molecular weight is 410 g/mol. The van der Waals surface area contributed by atoms with E-state index < -0.39 is 21.8 Å². The molecule has 0 aliphatic carbocycles. The lowest BCUT2D eigenvalue weighted by atomic mass is 9.89. The van der Waals surface area contributed by atoms with E-state index in [9.17, 15) is 21.6 Å². The van der Waals surface area contributed by atoms with Crippen molar-refractivity contribution in [3.63, 3.8) is 0 Å². The Bertz CT molecular complexity index is 1020. The van der Waals surface area contributed by atoms with Crippen LogP contribution in [-0.4, -0.2) is 39.5 Å². The summed E-state index contributed by atoms with van der Waals surface area (Å²) in [6.07, 6.45) is -3.96. The van der Waals surface area contributed by atoms with E-state index >= 15 is 0 Å². The van der Waals surface area contributed by atoms with Gasteiger partial charge in [0.15, 0.2) is 0 Å². The van der Waals surface area contributed by atoms with Gasteiger partial charge < -0.3 is 4.90 Å². The smallest absolute Gasteiger partial charge is 0.306 e. The number of aryl methyl sites for hydroxylation is 1. The van der Waals surface area contributed by atoms with Crippen LogP contribution in [0.5, 0.6) is 0 Å². The van der Waals surface area contributed by atoms with Crippen molar-refractivity contribution in [2.75, 3.05) is 24.4 Å². The van der Waals surface area contributed by atoms with Gasteiger partial charge >= 0.3 is 6.18 Å². The molecule has 2 aromatic rings. The van der Waals surface area contributed by atoms with Crippen molar-refractivity contribution < 1.29 is 21.6 Å². The summed E-state index contributed by atoms with van der Waals surface area (Å²) in [5.74, 6) is 0.00854. The fraction of sp³-hybridized carbons (Fsp3) is 0.400. The molecule has 0 spiro atoms. The maximum Gasteiger partial charge on any atom is 0.416 e. The number of piperidine rings is 1. The average Bonchev–Trinajstić information content (AvgIpc) is 2.95. The molecule has 0 saturated carbocycles. The number of alkyl halides is 3. The molecule has 0 amide bonds. The predicted octanol–water partition coefficient (Wildman–Crippen LogP) is 4.01. The molecule has 1 saturated heterocycles. The zero-order valence-corrected chi connectivity index (χ0v) is 16.4. The van der Waals surface area contributed by atoms with Crippen molar-refractivity contribution in [3.8, 4) is 0 Å². The van der Waals surface area contributed by atoms with Crippen LogP contribution in [0.3, 0.4) is 0 Å². The molecule has 8 heteroatoms. The lowest BCUT2D eigenvalue weighted by Crippen LogP contribution is -2.47. The minimum absolute atomic E-state index is 0.00854. The Morgan fingerprint density at radius 2 is 1.86 bits per heavy atom. The van der Waals surface area contributed by atoms with E-state index in [0.717, 1.165) is 42.4 Å². The van der Waals surface area contributed by atoms with E-state index in [-0.39, 0.29) is 16.9 Å². The van der Waals surface area contributed by atoms with E-state index in [1.165, 1.54) is 10.4 Å². The molecule has 0 N–H and O–H groups in total. The number of anilines is 1. The summed E-state index contributed by atoms with van der Waals surface area (Å²) in [6, 6.07) is 9.32. The number of halogens is 3. The lowest BCUT2D eigenvalue weighted by Gasteiger charge is -2.36. The molecule has 1 fully saturated rings. The first-order chi connectivity index (χ1) is 13.1. The predicted molar refractivity (Wildman–Crippen MR) is 101 cm³/mol. The third-order valence-corrected chi connectivity index (χ3v) is 7.45. The first-order valence-electron chi connectivity index (χ1n) is 9.10. The monoisotopic (exact) mass is 410 g/mol. The summed E-state index contributed by atoms with van der Waals surface area (Å²) in [6.45, 7) is 3.41. The fourth-order valence-corrected chi connectivity index (χ4v) is 6.08. The third kappa shape index (κ3) is 3.08. The Morgan fingerprint density at radius 1 is 1.11 bits per heavy atom. The number of likely N-dealkylation sites (N-methyl/N-ethyl adjacent to an activating group) is 1. The normalized spacial score (nSPS) is 22.8. The molecule has 2 aliphatic rings. The SMILES string of the molecule is Cc1ccc2c(c1)[C@@H]1CN(C)CC[C@@H]1N2S(=O)(=O)c1cccc(C(F)(F)F)c1. The minimum Gasteiger partial charge on any atom is -0.306 e. The molecule has 2 atom stereocenters. The molecule has 4 nitrogen and oxygen atoms in total. The molecule has 28 heavy (non-hydrogen) atoms. The van der Waals surface area contributed by atoms with Crippen LogP contribution in [0, 0.1) is 6.92 Å². The Labute approximate surface area is 162 Å². The van der Waals surface area contributed by atoms with Crippen molar-refractivity contribution >= 4 is 15.7 Å². The van der Waals surface area contributed by atoms with Gasteiger partial charge in [0.2, 0.25) is 0 Å². The van der Waals surface area contributed by atoms with Gasteiger partial charge in [0.05, 0.1) is 22.2 Å². The molecule has 2 heterocycles. The Balaban J connectivity index is 1.84. The molecule has 150 valence electrons. The number of likely N-dealkylation sites (tertiary alicyclic amines) is 1. The molecule has 4 rings (SSSR count). The Kier molecular flexibility index (Phi) is 4.46. The molecular formula is C20H21F3N2O2S. The highest BCUT2D eigenvalue weighted by atomic mass is 32.2. The van der Waals surface area contributed by atoms with Crippen LogP contribution < -0.4 is 4.31 Å². The van der Waals surface area contributed by atoms with E-state index in [0.29, 0.717) is 12.1 Å². The zero-order chi connectivity index (χ0) is 20.3. The van der Waals surface area contributed by atoms with Crippen LogP contribution in [-0.2, 0) is 16.2 Å². The van der Waals surface area contributed by atoms with Crippen LogP contribution in [0.1, 0.15) is 29.0 Å². The number of sulfonamides is 1. The summed E-state index contributed by atoms with van der Waals surface area (Å²) >= 11 is 0. The van der Waals surface area contributed by atoms with Crippen molar-refractivity contribution in [2.45, 2.75) is 36.4 Å². The van der Waals surface area contributed by atoms with Gasteiger partial charge in [-0.1, -0.05) is 23.8 Å². The zero-order valence-electron chi connectivity index (χ0n) is 15.6. The highest BCUT2D eigenvalue weighted by Gasteiger charge is 2.47. The van der Waals surface area contributed by atoms with Crippen molar-refractivity contribution in [3.05, 3.63) is 59.2 Å². The molecule has 0 bridgehead atoms. The molecular weight excluding hydrogens is 389 g/mol. The van der Waals surface area contributed by atoms with Crippen molar-refractivity contribution in [2.24, 2.45) is 0 Å². The van der Waals surface area contributed by atoms with E-state index in [4.69, 9.17) is 0 Å². The van der Waals surface area contributed by atoms with Gasteiger partial charge in [-0.05, 0) is 56.8 Å². The minimum atomic E-state index is -4.60. The maximum atomic E-state index is 13.4. The fourth-order valence-electron chi connectivity index (χ4n) is 4.29. The molecule has 0 unspecified atom stereocenters. The van der Waals surface area contributed by atoms with Crippen molar-refractivity contribution in [1.29, 1.82) is 0 Å². The second-order valence-corrected chi connectivity index (χ2v) is 9.43. The number of hydrogen-bond acceptors (Lipinski definition) is 3. The standard InChI is InChI=1S/C20H21F3N2O2S/c1-13-6-7-18-16(10-13)17-12-24(2)9-8-19(17)25(18)28(26,27)15-5-3-4-14(11-15)20(21,22)23/h3-7,10-11,17,19H,8-9,12H2,1-2H3/t17-,19-/m0/s1. The summed E-state index contributed by atoms with van der Waals surface area (Å²) in [4.78, 5) is 1.83. The highest BCUT2D eigenvalue weighted by molar-refractivity contribution is 7.92. The van der Waals surface area contributed by atoms with Gasteiger partial charge in [0.25, 0.3) is 10.0 Å². The Hall–Kier alpha value is -2.06. The first-order valence-corrected chi connectivity index (χ1v) is 10.5. The topological polar surface area (TPSA) is 40.6 Å². The summed E-state index contributed by atoms with van der Waals surface area (Å²) < 4.78 is 67.6. The number of hydrogen-bond donors (Lipinski definition) is 0. The van der Waals surface area contributed by atoms with Gasteiger partial charge in [-0.3, -0.25) is 4.31 Å². The van der Waals surface area contributed by atoms with E-state index in [2.05, 4.69) is 4.90 Å². The van der Waals surface area contributed by atoms with Gasteiger partial charge in [0, 0.05) is 12.5 Å². The van der Waals surface area contributed by atoms with Crippen LogP contribution in [0.15, 0.2) is 47.4 Å². The molecule has 0 radical (unpaired) electrons. The second kappa shape index (κ2) is 6.49. The van der Waals surface area contributed by atoms with Gasteiger partial charge in [-0.15, -0.1) is 0 Å². The molecule has 2 aromatic carbocycles. The van der Waals surface area contributed by atoms with Crippen LogP contribution >= 0.6 is 0 Å². The second-order valence-electron chi connectivity index (χ2n) is 7.61. The lowest BCUT2D eigenvalue weighted by molar-refractivity contribution is -0.137. The summed E-state index contributed by atoms with van der Waals surface area (Å²) in [5.41, 5.74) is 1.60. The largest absolute Gasteiger partial charge is 0.416 e. The molecule has 0 aromatic heterocycles. The van der Waals surface area contributed by atoms with Crippen LogP contribution in [0.2, 0.25) is 0 Å². The van der Waals surface area contributed by atoms with E-state index in [1.54, 1.807) is 6.07 Å². The summed E-state index contributed by atoms with van der Waals surface area (Å²) in [5, 5.41) is 0. The Morgan fingerprint density at radius 3 is 2.57 bits per heavy atom. The van der Waals surface area contributed by atoms with Gasteiger partial charge in [0.1, 0.15) is 0 Å². The van der Waals surface area contributed by atoms with Crippen LogP contribution in [0.25, 0.3) is 0 Å². The number of nitrogens with zero attached hydrogens (tertiary/aromatic N) is 2. The highest BCUT2D eigenvalue weighted by Crippen LogP contribution is 2.47. The van der Waals surface area contributed by atoms with Crippen LogP contribution in [0.4, 0.5) is 18.9 Å². The van der Waals surface area contributed by atoms with E-state index in [1.807, 2.05) is 26.1 Å². The summed E-state index contributed by atoms with van der Waals surface area (Å²) in [7, 11) is -2.13.